The van der Waals surface area contributed by atoms with Gasteiger partial charge in [0.05, 0.1) is 24.3 Å². The van der Waals surface area contributed by atoms with Gasteiger partial charge in [0, 0.05) is 12.1 Å². The number of hydrogen-bond donors (Lipinski definition) is 1. The normalized spacial score (nSPS) is 25.2. The van der Waals surface area contributed by atoms with Crippen molar-refractivity contribution in [2.45, 2.75) is 37.8 Å². The molecule has 1 N–H and O–H groups in total. The SMILES string of the molecule is O=C(O)c1cccc(C(=O)N2CCO[C@H]3CCCC[C@@H]32)c1. The van der Waals surface area contributed by atoms with Crippen LogP contribution in [-0.4, -0.2) is 47.2 Å². The van der Waals surface area contributed by atoms with Crippen LogP contribution in [0.4, 0.5) is 0 Å². The summed E-state index contributed by atoms with van der Waals surface area (Å²) in [6.45, 7) is 1.14. The number of rotatable bonds is 2. The molecular formula is C16H19NO4. The number of morpholine rings is 1. The Morgan fingerprint density at radius 2 is 1.95 bits per heavy atom. The second kappa shape index (κ2) is 5.85. The molecule has 1 aromatic carbocycles. The average molecular weight is 289 g/mol. The second-order valence-electron chi connectivity index (χ2n) is 5.65. The van der Waals surface area contributed by atoms with E-state index in [2.05, 4.69) is 0 Å². The standard InChI is InChI=1S/C16H19NO4/c18-15(11-4-3-5-12(10-11)16(19)20)17-8-9-21-14-7-2-1-6-13(14)17/h3-5,10,13-14H,1-2,6-9H2,(H,19,20)/t13-,14-/m0/s1. The number of amides is 1. The molecule has 1 amide bonds. The topological polar surface area (TPSA) is 66.8 Å². The highest BCUT2D eigenvalue weighted by Gasteiger charge is 2.36. The van der Waals surface area contributed by atoms with Crippen LogP contribution in [0.15, 0.2) is 24.3 Å². The second-order valence-corrected chi connectivity index (χ2v) is 5.65. The van der Waals surface area contributed by atoms with Crippen molar-refractivity contribution in [3.05, 3.63) is 35.4 Å². The van der Waals surface area contributed by atoms with E-state index in [0.717, 1.165) is 25.7 Å². The van der Waals surface area contributed by atoms with Crippen molar-refractivity contribution in [1.82, 2.24) is 4.90 Å². The van der Waals surface area contributed by atoms with Crippen LogP contribution < -0.4 is 0 Å². The minimum Gasteiger partial charge on any atom is -0.478 e. The van der Waals surface area contributed by atoms with E-state index in [1.54, 1.807) is 12.1 Å². The van der Waals surface area contributed by atoms with Crippen LogP contribution >= 0.6 is 0 Å². The molecule has 0 spiro atoms. The lowest BCUT2D eigenvalue weighted by Gasteiger charge is -2.43. The minimum atomic E-state index is -1.01. The summed E-state index contributed by atoms with van der Waals surface area (Å²) >= 11 is 0. The lowest BCUT2D eigenvalue weighted by atomic mass is 9.89. The number of aromatic carboxylic acids is 1. The molecule has 1 heterocycles. The van der Waals surface area contributed by atoms with Gasteiger partial charge < -0.3 is 14.7 Å². The first-order valence-corrected chi connectivity index (χ1v) is 7.43. The first-order chi connectivity index (χ1) is 10.2. The van der Waals surface area contributed by atoms with Gasteiger partial charge in [-0.25, -0.2) is 4.79 Å². The molecule has 1 aliphatic carbocycles. The van der Waals surface area contributed by atoms with Crippen LogP contribution in [0.3, 0.4) is 0 Å². The summed E-state index contributed by atoms with van der Waals surface area (Å²) in [7, 11) is 0. The van der Waals surface area contributed by atoms with Crippen LogP contribution in [0.25, 0.3) is 0 Å². The zero-order valence-corrected chi connectivity index (χ0v) is 11.8. The number of nitrogens with zero attached hydrogens (tertiary/aromatic N) is 1. The Hall–Kier alpha value is -1.88. The number of carbonyl (C=O) groups is 2. The Bertz CT molecular complexity index is 555. The summed E-state index contributed by atoms with van der Waals surface area (Å²) in [5, 5.41) is 9.04. The molecule has 1 saturated carbocycles. The van der Waals surface area contributed by atoms with Gasteiger partial charge in [-0.3, -0.25) is 4.79 Å². The predicted octanol–water partition coefficient (Wildman–Crippen LogP) is 2.17. The zero-order valence-electron chi connectivity index (χ0n) is 11.8. The van der Waals surface area contributed by atoms with E-state index in [1.807, 2.05) is 4.90 Å². The molecule has 21 heavy (non-hydrogen) atoms. The Morgan fingerprint density at radius 1 is 1.19 bits per heavy atom. The van der Waals surface area contributed by atoms with Gasteiger partial charge in [-0.2, -0.15) is 0 Å². The monoisotopic (exact) mass is 289 g/mol. The Labute approximate surface area is 123 Å². The molecular weight excluding hydrogens is 270 g/mol. The molecule has 1 aliphatic heterocycles. The summed E-state index contributed by atoms with van der Waals surface area (Å²) < 4.78 is 5.77. The lowest BCUT2D eigenvalue weighted by molar-refractivity contribution is -0.0752. The van der Waals surface area contributed by atoms with Gasteiger partial charge in [-0.05, 0) is 31.0 Å². The summed E-state index contributed by atoms with van der Waals surface area (Å²) in [5.41, 5.74) is 0.593. The van der Waals surface area contributed by atoms with Gasteiger partial charge in [-0.1, -0.05) is 18.9 Å². The molecule has 1 aromatic rings. The van der Waals surface area contributed by atoms with Crippen molar-refractivity contribution in [1.29, 1.82) is 0 Å². The summed E-state index contributed by atoms with van der Waals surface area (Å²) in [6.07, 6.45) is 4.37. The number of carboxylic acid groups (broad SMARTS) is 1. The Kier molecular flexibility index (Phi) is 3.92. The molecule has 2 fully saturated rings. The van der Waals surface area contributed by atoms with Gasteiger partial charge in [-0.15, -0.1) is 0 Å². The van der Waals surface area contributed by atoms with Crippen molar-refractivity contribution in [3.63, 3.8) is 0 Å². The Balaban J connectivity index is 1.83. The van der Waals surface area contributed by atoms with E-state index in [9.17, 15) is 9.59 Å². The molecule has 0 unspecified atom stereocenters. The smallest absolute Gasteiger partial charge is 0.335 e. The fourth-order valence-electron chi connectivity index (χ4n) is 3.30. The number of fused-ring (bicyclic) bond motifs is 1. The molecule has 2 atom stereocenters. The summed E-state index contributed by atoms with van der Waals surface area (Å²) in [6, 6.07) is 6.39. The maximum atomic E-state index is 12.7. The quantitative estimate of drug-likeness (QED) is 0.906. The largest absolute Gasteiger partial charge is 0.478 e. The van der Waals surface area contributed by atoms with Crippen molar-refractivity contribution in [2.24, 2.45) is 0 Å². The van der Waals surface area contributed by atoms with E-state index < -0.39 is 5.97 Å². The molecule has 5 nitrogen and oxygen atoms in total. The zero-order chi connectivity index (χ0) is 14.8. The number of ether oxygens (including phenoxy) is 1. The van der Waals surface area contributed by atoms with Crippen molar-refractivity contribution in [3.8, 4) is 0 Å². The van der Waals surface area contributed by atoms with E-state index in [4.69, 9.17) is 9.84 Å². The molecule has 1 saturated heterocycles. The van der Waals surface area contributed by atoms with Crippen molar-refractivity contribution >= 4 is 11.9 Å². The molecule has 0 bridgehead atoms. The summed E-state index contributed by atoms with van der Waals surface area (Å²) in [4.78, 5) is 25.6. The third-order valence-electron chi connectivity index (χ3n) is 4.35. The molecule has 2 aliphatic rings. The van der Waals surface area contributed by atoms with Gasteiger partial charge in [0.2, 0.25) is 0 Å². The van der Waals surface area contributed by atoms with Gasteiger partial charge >= 0.3 is 5.97 Å². The highest BCUT2D eigenvalue weighted by atomic mass is 16.5. The third-order valence-corrected chi connectivity index (χ3v) is 4.35. The maximum Gasteiger partial charge on any atom is 0.335 e. The lowest BCUT2D eigenvalue weighted by Crippen LogP contribution is -2.54. The molecule has 112 valence electrons. The van der Waals surface area contributed by atoms with Crippen molar-refractivity contribution < 1.29 is 19.4 Å². The van der Waals surface area contributed by atoms with Crippen LogP contribution in [0, 0.1) is 0 Å². The Morgan fingerprint density at radius 3 is 2.76 bits per heavy atom. The van der Waals surface area contributed by atoms with Gasteiger partial charge in [0.1, 0.15) is 0 Å². The van der Waals surface area contributed by atoms with Crippen molar-refractivity contribution in [2.75, 3.05) is 13.2 Å². The number of benzene rings is 1. The fourth-order valence-corrected chi connectivity index (χ4v) is 3.30. The third kappa shape index (κ3) is 2.78. The minimum absolute atomic E-state index is 0.0849. The van der Waals surface area contributed by atoms with Crippen LogP contribution in [0.2, 0.25) is 0 Å². The van der Waals surface area contributed by atoms with Crippen LogP contribution in [0.1, 0.15) is 46.4 Å². The van der Waals surface area contributed by atoms with E-state index >= 15 is 0 Å². The number of carbonyl (C=O) groups excluding carboxylic acids is 1. The average Bonchev–Trinajstić information content (AvgIpc) is 2.53. The molecule has 0 aromatic heterocycles. The van der Waals surface area contributed by atoms with Gasteiger partial charge in [0.25, 0.3) is 5.91 Å². The van der Waals surface area contributed by atoms with E-state index in [1.165, 1.54) is 12.1 Å². The molecule has 0 radical (unpaired) electrons. The number of hydrogen-bond acceptors (Lipinski definition) is 3. The van der Waals surface area contributed by atoms with E-state index in [-0.39, 0.29) is 23.6 Å². The first kappa shape index (κ1) is 14.1. The van der Waals surface area contributed by atoms with E-state index in [0.29, 0.717) is 18.7 Å². The highest BCUT2D eigenvalue weighted by molar-refractivity contribution is 5.97. The van der Waals surface area contributed by atoms with Crippen LogP contribution in [0.5, 0.6) is 0 Å². The molecule has 3 rings (SSSR count). The fraction of sp³-hybridized carbons (Fsp3) is 0.500. The predicted molar refractivity (Wildman–Crippen MR) is 76.4 cm³/mol. The maximum absolute atomic E-state index is 12.7. The van der Waals surface area contributed by atoms with Crippen LogP contribution in [-0.2, 0) is 4.74 Å². The molecule has 5 heteroatoms. The number of carboxylic acids is 1. The highest BCUT2D eigenvalue weighted by Crippen LogP contribution is 2.29. The summed E-state index contributed by atoms with van der Waals surface area (Å²) in [5.74, 6) is -1.10. The first-order valence-electron chi connectivity index (χ1n) is 7.43. The van der Waals surface area contributed by atoms with Gasteiger partial charge in [0.15, 0.2) is 0 Å².